The number of nitrogens with zero attached hydrogens (tertiary/aromatic N) is 3. The third-order valence-electron chi connectivity index (χ3n) is 1.64. The van der Waals surface area contributed by atoms with E-state index in [1.807, 2.05) is 20.2 Å². The van der Waals surface area contributed by atoms with Crippen molar-refractivity contribution in [1.82, 2.24) is 9.78 Å². The lowest BCUT2D eigenvalue weighted by molar-refractivity contribution is 0.562. The van der Waals surface area contributed by atoms with Gasteiger partial charge in [0.15, 0.2) is 0 Å². The van der Waals surface area contributed by atoms with Gasteiger partial charge in [0.25, 0.3) is 0 Å². The molecule has 0 bridgehead atoms. The second-order valence-electron chi connectivity index (χ2n) is 2.66. The Balaban J connectivity index is 2.62. The molecule has 0 fully saturated rings. The van der Waals surface area contributed by atoms with Gasteiger partial charge in [-0.05, 0) is 12.5 Å². The summed E-state index contributed by atoms with van der Waals surface area (Å²) in [7, 11) is 1.87. The zero-order valence-corrected chi connectivity index (χ0v) is 7.24. The summed E-state index contributed by atoms with van der Waals surface area (Å²) in [5.74, 6) is 0. The van der Waals surface area contributed by atoms with Gasteiger partial charge in [-0.2, -0.15) is 5.10 Å². The lowest BCUT2D eigenvalue weighted by Gasteiger charge is -1.90. The molecule has 0 spiro atoms. The van der Waals surface area contributed by atoms with Crippen molar-refractivity contribution in [3.63, 3.8) is 0 Å². The van der Waals surface area contributed by atoms with Crippen molar-refractivity contribution >= 4 is 6.08 Å². The number of hydrogen-bond acceptors (Lipinski definition) is 3. The van der Waals surface area contributed by atoms with Crippen LogP contribution in [-0.2, 0) is 18.3 Å². The smallest absolute Gasteiger partial charge is 0.234 e. The molecule has 0 aliphatic carbocycles. The Morgan fingerprint density at radius 3 is 3.00 bits per heavy atom. The molecule has 0 aliphatic heterocycles. The number of aliphatic imine (C=N–C) groups is 1. The van der Waals surface area contributed by atoms with Crippen molar-refractivity contribution < 1.29 is 4.79 Å². The van der Waals surface area contributed by atoms with Gasteiger partial charge < -0.3 is 0 Å². The van der Waals surface area contributed by atoms with E-state index in [0.29, 0.717) is 13.0 Å². The Labute approximate surface area is 70.9 Å². The molecule has 0 aromatic carbocycles. The van der Waals surface area contributed by atoms with Crippen LogP contribution in [0.1, 0.15) is 11.3 Å². The molecule has 0 saturated carbocycles. The minimum absolute atomic E-state index is 0.474. The quantitative estimate of drug-likeness (QED) is 0.486. The first-order valence-electron chi connectivity index (χ1n) is 3.77. The van der Waals surface area contributed by atoms with Crippen LogP contribution < -0.4 is 0 Å². The third-order valence-corrected chi connectivity index (χ3v) is 1.64. The van der Waals surface area contributed by atoms with E-state index in [2.05, 4.69) is 10.1 Å². The first-order valence-corrected chi connectivity index (χ1v) is 3.77. The highest BCUT2D eigenvalue weighted by Crippen LogP contribution is 2.04. The van der Waals surface area contributed by atoms with Crippen LogP contribution in [0, 0.1) is 6.92 Å². The fourth-order valence-corrected chi connectivity index (χ4v) is 1.11. The fourth-order valence-electron chi connectivity index (χ4n) is 1.11. The molecule has 0 radical (unpaired) electrons. The van der Waals surface area contributed by atoms with Crippen LogP contribution in [-0.4, -0.2) is 22.4 Å². The highest BCUT2D eigenvalue weighted by Gasteiger charge is 2.01. The van der Waals surface area contributed by atoms with Gasteiger partial charge in [-0.1, -0.05) is 0 Å². The van der Waals surface area contributed by atoms with Crippen molar-refractivity contribution in [1.29, 1.82) is 0 Å². The predicted molar refractivity (Wildman–Crippen MR) is 44.6 cm³/mol. The summed E-state index contributed by atoms with van der Waals surface area (Å²) in [4.78, 5) is 13.2. The first kappa shape index (κ1) is 8.68. The zero-order chi connectivity index (χ0) is 8.97. The number of aryl methyl sites for hydroxylation is 2. The van der Waals surface area contributed by atoms with Crippen molar-refractivity contribution in [3.05, 3.63) is 17.5 Å². The lowest BCUT2D eigenvalue weighted by atomic mass is 10.2. The molecule has 1 aromatic heterocycles. The molecule has 4 nitrogen and oxygen atoms in total. The van der Waals surface area contributed by atoms with Crippen molar-refractivity contribution in [2.45, 2.75) is 13.3 Å². The van der Waals surface area contributed by atoms with Gasteiger partial charge >= 0.3 is 0 Å². The molecule has 1 rings (SSSR count). The molecule has 0 saturated heterocycles. The van der Waals surface area contributed by atoms with Crippen LogP contribution >= 0.6 is 0 Å². The van der Waals surface area contributed by atoms with Gasteiger partial charge in [0.1, 0.15) is 0 Å². The Hall–Kier alpha value is -1.41. The average molecular weight is 165 g/mol. The maximum atomic E-state index is 9.77. The van der Waals surface area contributed by atoms with E-state index in [1.165, 1.54) is 6.08 Å². The highest BCUT2D eigenvalue weighted by atomic mass is 16.1. The topological polar surface area (TPSA) is 47.2 Å². The first-order chi connectivity index (χ1) is 5.74. The van der Waals surface area contributed by atoms with Crippen molar-refractivity contribution in [2.75, 3.05) is 6.54 Å². The van der Waals surface area contributed by atoms with Crippen LogP contribution in [0.2, 0.25) is 0 Å². The SMILES string of the molecule is Cc1cn(C)nc1CCN=C=O. The Morgan fingerprint density at radius 1 is 1.75 bits per heavy atom. The lowest BCUT2D eigenvalue weighted by Crippen LogP contribution is -1.94. The van der Waals surface area contributed by atoms with Crippen molar-refractivity contribution in [3.8, 4) is 0 Å². The standard InChI is InChI=1S/C8H11N3O/c1-7-5-11(2)10-8(7)3-4-9-6-12/h5H,3-4H2,1-2H3. The van der Waals surface area contributed by atoms with Crippen molar-refractivity contribution in [2.24, 2.45) is 12.0 Å². The van der Waals surface area contributed by atoms with E-state index in [1.54, 1.807) is 4.68 Å². The molecule has 4 heteroatoms. The summed E-state index contributed by atoms with van der Waals surface area (Å²) in [5.41, 5.74) is 2.13. The molecule has 1 aromatic rings. The summed E-state index contributed by atoms with van der Waals surface area (Å²) in [6, 6.07) is 0. The number of aromatic nitrogens is 2. The summed E-state index contributed by atoms with van der Waals surface area (Å²) in [6.07, 6.45) is 4.16. The normalized spacial score (nSPS) is 9.50. The van der Waals surface area contributed by atoms with Gasteiger partial charge in [-0.3, -0.25) is 4.68 Å². The van der Waals surface area contributed by atoms with Crippen LogP contribution in [0.25, 0.3) is 0 Å². The molecule has 1 heterocycles. The molecule has 0 aliphatic rings. The average Bonchev–Trinajstić information content (AvgIpc) is 2.31. The predicted octanol–water partition coefficient (Wildman–Crippen LogP) is 0.607. The molecule has 0 unspecified atom stereocenters. The summed E-state index contributed by atoms with van der Waals surface area (Å²) in [6.45, 7) is 2.47. The summed E-state index contributed by atoms with van der Waals surface area (Å²) in [5, 5.41) is 4.21. The van der Waals surface area contributed by atoms with Crippen LogP contribution in [0.3, 0.4) is 0 Å². The Bertz CT molecular complexity index is 310. The fraction of sp³-hybridized carbons (Fsp3) is 0.500. The van der Waals surface area contributed by atoms with E-state index in [9.17, 15) is 4.79 Å². The van der Waals surface area contributed by atoms with E-state index >= 15 is 0 Å². The van der Waals surface area contributed by atoms with Gasteiger partial charge in [0.05, 0.1) is 12.2 Å². The monoisotopic (exact) mass is 165 g/mol. The molecule has 0 amide bonds. The van der Waals surface area contributed by atoms with Crippen LogP contribution in [0.15, 0.2) is 11.2 Å². The maximum Gasteiger partial charge on any atom is 0.234 e. The maximum absolute atomic E-state index is 9.77. The largest absolute Gasteiger partial charge is 0.275 e. The van der Waals surface area contributed by atoms with E-state index in [-0.39, 0.29) is 0 Å². The second-order valence-corrected chi connectivity index (χ2v) is 2.66. The Kier molecular flexibility index (Phi) is 2.77. The minimum Gasteiger partial charge on any atom is -0.275 e. The van der Waals surface area contributed by atoms with Crippen LogP contribution in [0.5, 0.6) is 0 Å². The number of hydrogen-bond donors (Lipinski definition) is 0. The molecular weight excluding hydrogens is 154 g/mol. The molecule has 0 atom stereocenters. The molecule has 64 valence electrons. The summed E-state index contributed by atoms with van der Waals surface area (Å²) >= 11 is 0. The molecular formula is C8H11N3O. The van der Waals surface area contributed by atoms with Gasteiger partial charge in [0, 0.05) is 19.7 Å². The number of carbonyl (C=O) groups excluding carboxylic acids is 1. The Morgan fingerprint density at radius 2 is 2.50 bits per heavy atom. The highest BCUT2D eigenvalue weighted by molar-refractivity contribution is 5.33. The second kappa shape index (κ2) is 3.83. The number of isocyanates is 1. The summed E-state index contributed by atoms with van der Waals surface area (Å²) < 4.78 is 1.76. The number of rotatable bonds is 3. The third kappa shape index (κ3) is 2.04. The van der Waals surface area contributed by atoms with Crippen LogP contribution in [0.4, 0.5) is 0 Å². The van der Waals surface area contributed by atoms with Gasteiger partial charge in [-0.25, -0.2) is 9.79 Å². The van der Waals surface area contributed by atoms with E-state index < -0.39 is 0 Å². The van der Waals surface area contributed by atoms with Gasteiger partial charge in [-0.15, -0.1) is 0 Å². The molecule has 12 heavy (non-hydrogen) atoms. The zero-order valence-electron chi connectivity index (χ0n) is 7.24. The minimum atomic E-state index is 0.474. The molecule has 0 N–H and O–H groups in total. The van der Waals surface area contributed by atoms with Gasteiger partial charge in [0.2, 0.25) is 6.08 Å². The van der Waals surface area contributed by atoms with E-state index in [4.69, 9.17) is 0 Å². The van der Waals surface area contributed by atoms with E-state index in [0.717, 1.165) is 11.3 Å².